The molecule has 0 aliphatic carbocycles. The molecule has 1 aromatic carbocycles. The molecule has 2 rings (SSSR count). The van der Waals surface area contributed by atoms with Gasteiger partial charge in [0.05, 0.1) is 6.61 Å². The number of fused-ring (bicyclic) bond motifs is 1. The largest absolute Gasteiger partial charge is 0.492 e. The van der Waals surface area contributed by atoms with Gasteiger partial charge in [0.25, 0.3) is 0 Å². The van der Waals surface area contributed by atoms with Gasteiger partial charge in [-0.1, -0.05) is 20.8 Å². The van der Waals surface area contributed by atoms with Crippen LogP contribution in [0.1, 0.15) is 39.2 Å². The van der Waals surface area contributed by atoms with E-state index >= 15 is 0 Å². The molecule has 1 aliphatic heterocycles. The maximum atomic E-state index is 12.7. The lowest BCUT2D eigenvalue weighted by Crippen LogP contribution is -2.38. The SMILES string of the molecule is CCC(NS(=O)(=O)c1cc(N)cc2c1OCCC2)C(C)C. The van der Waals surface area contributed by atoms with E-state index in [2.05, 4.69) is 4.72 Å². The molecule has 5 nitrogen and oxygen atoms in total. The minimum Gasteiger partial charge on any atom is -0.492 e. The van der Waals surface area contributed by atoms with Crippen LogP contribution < -0.4 is 15.2 Å². The number of hydrogen-bond donors (Lipinski definition) is 2. The van der Waals surface area contributed by atoms with Crippen molar-refractivity contribution >= 4 is 15.7 Å². The number of nitrogens with two attached hydrogens (primary N) is 1. The Morgan fingerprint density at radius 3 is 2.71 bits per heavy atom. The van der Waals surface area contributed by atoms with Crippen molar-refractivity contribution in [3.05, 3.63) is 17.7 Å². The van der Waals surface area contributed by atoms with Gasteiger partial charge in [0, 0.05) is 11.7 Å². The van der Waals surface area contributed by atoms with Crippen molar-refractivity contribution in [3.8, 4) is 5.75 Å². The summed E-state index contributed by atoms with van der Waals surface area (Å²) >= 11 is 0. The van der Waals surface area contributed by atoms with Crippen LogP contribution in [0.15, 0.2) is 17.0 Å². The molecule has 1 aromatic rings. The Balaban J connectivity index is 2.42. The number of hydrogen-bond acceptors (Lipinski definition) is 4. The Hall–Kier alpha value is -1.27. The first-order chi connectivity index (χ1) is 9.85. The quantitative estimate of drug-likeness (QED) is 0.817. The highest BCUT2D eigenvalue weighted by molar-refractivity contribution is 7.89. The highest BCUT2D eigenvalue weighted by atomic mass is 32.2. The molecule has 0 saturated heterocycles. The fourth-order valence-electron chi connectivity index (χ4n) is 2.62. The summed E-state index contributed by atoms with van der Waals surface area (Å²) in [5, 5.41) is 0. The van der Waals surface area contributed by atoms with Crippen LogP contribution in [0.4, 0.5) is 5.69 Å². The summed E-state index contributed by atoms with van der Waals surface area (Å²) in [6.45, 7) is 6.52. The third-order valence-electron chi connectivity index (χ3n) is 3.83. The number of rotatable bonds is 5. The lowest BCUT2D eigenvalue weighted by atomic mass is 10.0. The van der Waals surface area contributed by atoms with Crippen LogP contribution in [0.25, 0.3) is 0 Å². The van der Waals surface area contributed by atoms with E-state index in [4.69, 9.17) is 10.5 Å². The molecule has 0 aromatic heterocycles. The second kappa shape index (κ2) is 6.23. The van der Waals surface area contributed by atoms with Gasteiger partial charge in [0.15, 0.2) is 0 Å². The monoisotopic (exact) mass is 312 g/mol. The molecule has 6 heteroatoms. The van der Waals surface area contributed by atoms with E-state index in [0.717, 1.165) is 24.8 Å². The van der Waals surface area contributed by atoms with E-state index in [-0.39, 0.29) is 16.9 Å². The van der Waals surface area contributed by atoms with E-state index < -0.39 is 10.0 Å². The molecular weight excluding hydrogens is 288 g/mol. The Bertz CT molecular complexity index is 612. The standard InChI is InChI=1S/C15H24N2O3S/c1-4-13(10(2)3)17-21(18,19)14-9-12(16)8-11-6-5-7-20-15(11)14/h8-10,13,17H,4-7,16H2,1-3H3. The van der Waals surface area contributed by atoms with Gasteiger partial charge in [0.2, 0.25) is 10.0 Å². The van der Waals surface area contributed by atoms with Crippen molar-refractivity contribution < 1.29 is 13.2 Å². The topological polar surface area (TPSA) is 81.4 Å². The lowest BCUT2D eigenvalue weighted by molar-refractivity contribution is 0.280. The van der Waals surface area contributed by atoms with E-state index in [9.17, 15) is 8.42 Å². The molecule has 0 amide bonds. The zero-order valence-electron chi connectivity index (χ0n) is 12.8. The summed E-state index contributed by atoms with van der Waals surface area (Å²) in [6.07, 6.45) is 2.42. The van der Waals surface area contributed by atoms with Crippen LogP contribution >= 0.6 is 0 Å². The molecular formula is C15H24N2O3S. The van der Waals surface area contributed by atoms with E-state index in [1.807, 2.05) is 20.8 Å². The highest BCUT2D eigenvalue weighted by Crippen LogP contribution is 2.34. The molecule has 0 bridgehead atoms. The summed E-state index contributed by atoms with van der Waals surface area (Å²) < 4.78 is 33.7. The van der Waals surface area contributed by atoms with Gasteiger partial charge in [-0.25, -0.2) is 13.1 Å². The average molecular weight is 312 g/mol. The van der Waals surface area contributed by atoms with Crippen molar-refractivity contribution in [2.45, 2.75) is 51.0 Å². The number of ether oxygens (including phenoxy) is 1. The van der Waals surface area contributed by atoms with Crippen LogP contribution in [0.5, 0.6) is 5.75 Å². The number of anilines is 1. The van der Waals surface area contributed by atoms with Crippen LogP contribution in [-0.4, -0.2) is 21.1 Å². The predicted molar refractivity (Wildman–Crippen MR) is 83.9 cm³/mol. The Kier molecular flexibility index (Phi) is 4.78. The number of aryl methyl sites for hydroxylation is 1. The first-order valence-electron chi connectivity index (χ1n) is 7.42. The van der Waals surface area contributed by atoms with Gasteiger partial charge in [-0.05, 0) is 42.9 Å². The van der Waals surface area contributed by atoms with Crippen molar-refractivity contribution in [2.24, 2.45) is 5.92 Å². The average Bonchev–Trinajstić information content (AvgIpc) is 2.43. The van der Waals surface area contributed by atoms with Crippen molar-refractivity contribution in [3.63, 3.8) is 0 Å². The summed E-state index contributed by atoms with van der Waals surface area (Å²) in [6, 6.07) is 3.18. The number of benzene rings is 1. The van der Waals surface area contributed by atoms with Crippen LogP contribution in [0, 0.1) is 5.92 Å². The van der Waals surface area contributed by atoms with Crippen molar-refractivity contribution in [1.29, 1.82) is 0 Å². The van der Waals surface area contributed by atoms with Crippen LogP contribution in [0.3, 0.4) is 0 Å². The van der Waals surface area contributed by atoms with Gasteiger partial charge in [0.1, 0.15) is 10.6 Å². The normalized spacial score (nSPS) is 16.4. The fraction of sp³-hybridized carbons (Fsp3) is 0.600. The molecule has 3 N–H and O–H groups in total. The molecule has 0 radical (unpaired) electrons. The number of sulfonamides is 1. The molecule has 0 fully saturated rings. The first kappa shape index (κ1) is 16.1. The van der Waals surface area contributed by atoms with Gasteiger partial charge in [-0.15, -0.1) is 0 Å². The maximum Gasteiger partial charge on any atom is 0.244 e. The molecule has 0 saturated carbocycles. The van der Waals surface area contributed by atoms with Crippen LogP contribution in [-0.2, 0) is 16.4 Å². The molecule has 1 aliphatic rings. The summed E-state index contributed by atoms with van der Waals surface area (Å²) in [5.41, 5.74) is 7.18. The smallest absolute Gasteiger partial charge is 0.244 e. The zero-order chi connectivity index (χ0) is 15.6. The second-order valence-corrected chi connectivity index (χ2v) is 7.52. The zero-order valence-corrected chi connectivity index (χ0v) is 13.7. The van der Waals surface area contributed by atoms with Crippen LogP contribution in [0.2, 0.25) is 0 Å². The van der Waals surface area contributed by atoms with Crippen molar-refractivity contribution in [1.82, 2.24) is 4.72 Å². The minimum atomic E-state index is -3.64. The summed E-state index contributed by atoms with van der Waals surface area (Å²) in [7, 11) is -3.64. The van der Waals surface area contributed by atoms with Gasteiger partial charge in [-0.2, -0.15) is 0 Å². The molecule has 118 valence electrons. The molecule has 21 heavy (non-hydrogen) atoms. The Morgan fingerprint density at radius 2 is 2.10 bits per heavy atom. The molecule has 1 unspecified atom stereocenters. The van der Waals surface area contributed by atoms with Gasteiger partial charge in [-0.3, -0.25) is 0 Å². The van der Waals surface area contributed by atoms with E-state index in [0.29, 0.717) is 18.0 Å². The Labute approximate surface area is 126 Å². The maximum absolute atomic E-state index is 12.7. The van der Waals surface area contributed by atoms with E-state index in [1.165, 1.54) is 6.07 Å². The molecule has 1 heterocycles. The predicted octanol–water partition coefficient (Wildman–Crippen LogP) is 2.31. The highest BCUT2D eigenvalue weighted by Gasteiger charge is 2.27. The minimum absolute atomic E-state index is 0.101. The second-order valence-electron chi connectivity index (χ2n) is 5.84. The number of nitrogens with one attached hydrogen (secondary N) is 1. The lowest BCUT2D eigenvalue weighted by Gasteiger charge is -2.24. The van der Waals surface area contributed by atoms with Crippen molar-refractivity contribution in [2.75, 3.05) is 12.3 Å². The van der Waals surface area contributed by atoms with Gasteiger partial charge >= 0.3 is 0 Å². The Morgan fingerprint density at radius 1 is 1.38 bits per heavy atom. The number of nitrogen functional groups attached to an aromatic ring is 1. The summed E-state index contributed by atoms with van der Waals surface area (Å²) in [5.74, 6) is 0.684. The summed E-state index contributed by atoms with van der Waals surface area (Å²) in [4.78, 5) is 0.163. The van der Waals surface area contributed by atoms with E-state index in [1.54, 1.807) is 6.07 Å². The third-order valence-corrected chi connectivity index (χ3v) is 5.33. The molecule has 0 spiro atoms. The molecule has 1 atom stereocenters. The third kappa shape index (κ3) is 3.49. The fourth-order valence-corrected chi connectivity index (χ4v) is 4.31. The van der Waals surface area contributed by atoms with Gasteiger partial charge < -0.3 is 10.5 Å². The first-order valence-corrected chi connectivity index (χ1v) is 8.91.